The van der Waals surface area contributed by atoms with Crippen molar-refractivity contribution >= 4 is 38.5 Å². The summed E-state index contributed by atoms with van der Waals surface area (Å²) in [5, 5.41) is 0.383. The number of rotatable bonds is 2. The normalized spacial score (nSPS) is 24.2. The van der Waals surface area contributed by atoms with Gasteiger partial charge in [-0.15, -0.1) is 0 Å². The van der Waals surface area contributed by atoms with Crippen LogP contribution in [-0.2, 0) is 9.53 Å². The summed E-state index contributed by atoms with van der Waals surface area (Å²) < 4.78 is 20.2. The second kappa shape index (κ2) is 6.53. The minimum Gasteiger partial charge on any atom is -0.377 e. The molecule has 1 aliphatic carbocycles. The molecular weight excluding hydrogens is 391 g/mol. The van der Waals surface area contributed by atoms with E-state index in [1.807, 2.05) is 0 Å². The number of halogens is 2. The molecule has 2 aliphatic rings. The van der Waals surface area contributed by atoms with Crippen LogP contribution in [0.25, 0.3) is 10.9 Å². The van der Waals surface area contributed by atoms with E-state index in [-0.39, 0.29) is 29.5 Å². The molecular formula is C18H18BrFN2O3. The van der Waals surface area contributed by atoms with Gasteiger partial charge in [-0.1, -0.05) is 15.9 Å². The Hall–Kier alpha value is -1.73. The topological polar surface area (TPSA) is 62.4 Å². The van der Waals surface area contributed by atoms with Crippen molar-refractivity contribution in [3.63, 3.8) is 0 Å². The van der Waals surface area contributed by atoms with Crippen LogP contribution in [0.5, 0.6) is 0 Å². The van der Waals surface area contributed by atoms with Gasteiger partial charge in [0.1, 0.15) is 17.3 Å². The van der Waals surface area contributed by atoms with Gasteiger partial charge in [0, 0.05) is 28.7 Å². The SMILES string of the molecule is O=C1CCC[C@H]1[C@H]1COCCN1C(=O)c1cc2c(F)cc(Br)cc2[nH]1. The van der Waals surface area contributed by atoms with Crippen molar-refractivity contribution in [1.29, 1.82) is 0 Å². The van der Waals surface area contributed by atoms with E-state index < -0.39 is 0 Å². The van der Waals surface area contributed by atoms with Crippen molar-refractivity contribution in [2.45, 2.75) is 25.3 Å². The number of ether oxygens (including phenoxy) is 1. The predicted octanol–water partition coefficient (Wildman–Crippen LogP) is 3.28. The Labute approximate surface area is 152 Å². The van der Waals surface area contributed by atoms with Gasteiger partial charge in [0.25, 0.3) is 5.91 Å². The summed E-state index contributed by atoms with van der Waals surface area (Å²) in [7, 11) is 0. The number of carbonyl (C=O) groups is 2. The number of nitrogens with zero attached hydrogens (tertiary/aromatic N) is 1. The molecule has 1 N–H and O–H groups in total. The Morgan fingerprint density at radius 1 is 1.36 bits per heavy atom. The highest BCUT2D eigenvalue weighted by molar-refractivity contribution is 9.10. The third-order valence-electron chi connectivity index (χ3n) is 5.13. The molecule has 2 heterocycles. The van der Waals surface area contributed by atoms with Crippen LogP contribution in [0.2, 0.25) is 0 Å². The van der Waals surface area contributed by atoms with E-state index in [0.717, 1.165) is 12.8 Å². The molecule has 2 atom stereocenters. The molecule has 1 saturated heterocycles. The van der Waals surface area contributed by atoms with Gasteiger partial charge in [-0.3, -0.25) is 9.59 Å². The van der Waals surface area contributed by atoms with Gasteiger partial charge in [-0.2, -0.15) is 0 Å². The van der Waals surface area contributed by atoms with E-state index >= 15 is 0 Å². The molecule has 1 saturated carbocycles. The van der Waals surface area contributed by atoms with Crippen molar-refractivity contribution in [1.82, 2.24) is 9.88 Å². The number of H-pyrrole nitrogens is 1. The van der Waals surface area contributed by atoms with Gasteiger partial charge in [-0.05, 0) is 31.0 Å². The minimum absolute atomic E-state index is 0.153. The Morgan fingerprint density at radius 3 is 2.96 bits per heavy atom. The Morgan fingerprint density at radius 2 is 2.20 bits per heavy atom. The maximum atomic E-state index is 14.1. The van der Waals surface area contributed by atoms with Crippen molar-refractivity contribution in [3.8, 4) is 0 Å². The number of hydrogen-bond donors (Lipinski definition) is 1. The average Bonchev–Trinajstić information content (AvgIpc) is 3.20. The number of amides is 1. The Kier molecular flexibility index (Phi) is 4.37. The number of fused-ring (bicyclic) bond motifs is 1. The van der Waals surface area contributed by atoms with Crippen LogP contribution in [0, 0.1) is 11.7 Å². The summed E-state index contributed by atoms with van der Waals surface area (Å²) in [4.78, 5) is 29.9. The highest BCUT2D eigenvalue weighted by atomic mass is 79.9. The Balaban J connectivity index is 1.66. The highest BCUT2D eigenvalue weighted by Crippen LogP contribution is 2.31. The average molecular weight is 409 g/mol. The lowest BCUT2D eigenvalue weighted by molar-refractivity contribution is -0.124. The molecule has 1 aromatic carbocycles. The summed E-state index contributed by atoms with van der Waals surface area (Å²) in [6.07, 6.45) is 2.24. The van der Waals surface area contributed by atoms with E-state index in [9.17, 15) is 14.0 Å². The lowest BCUT2D eigenvalue weighted by Crippen LogP contribution is -2.53. The number of carbonyl (C=O) groups excluding carboxylic acids is 2. The molecule has 0 radical (unpaired) electrons. The summed E-state index contributed by atoms with van der Waals surface area (Å²) in [5.74, 6) is -0.539. The number of hydrogen-bond acceptors (Lipinski definition) is 3. The zero-order valence-corrected chi connectivity index (χ0v) is 15.1. The number of benzene rings is 1. The second-order valence-electron chi connectivity index (χ2n) is 6.64. The second-order valence-corrected chi connectivity index (χ2v) is 7.55. The minimum atomic E-state index is -0.385. The molecule has 7 heteroatoms. The molecule has 25 heavy (non-hydrogen) atoms. The van der Waals surface area contributed by atoms with Crippen molar-refractivity contribution in [2.75, 3.05) is 19.8 Å². The van der Waals surface area contributed by atoms with Gasteiger partial charge < -0.3 is 14.6 Å². The standard InChI is InChI=1S/C18H18BrFN2O3/c19-10-6-13(20)12-8-15(21-14(12)7-10)18(24)22-4-5-25-9-16(22)11-2-1-3-17(11)23/h6-8,11,16,21H,1-5,9H2/t11-,16+/m0/s1. The maximum absolute atomic E-state index is 14.1. The van der Waals surface area contributed by atoms with Crippen LogP contribution in [0.15, 0.2) is 22.7 Å². The van der Waals surface area contributed by atoms with Crippen LogP contribution in [0.4, 0.5) is 4.39 Å². The molecule has 0 unspecified atom stereocenters. The molecule has 132 valence electrons. The zero-order valence-electron chi connectivity index (χ0n) is 13.6. The van der Waals surface area contributed by atoms with Gasteiger partial charge in [-0.25, -0.2) is 4.39 Å². The number of ketones is 1. The molecule has 1 amide bonds. The largest absolute Gasteiger partial charge is 0.377 e. The summed E-state index contributed by atoms with van der Waals surface area (Å²) >= 11 is 3.26. The van der Waals surface area contributed by atoms with Gasteiger partial charge in [0.05, 0.1) is 24.8 Å². The van der Waals surface area contributed by atoms with E-state index in [2.05, 4.69) is 20.9 Å². The van der Waals surface area contributed by atoms with Crippen LogP contribution < -0.4 is 0 Å². The molecule has 0 spiro atoms. The third-order valence-corrected chi connectivity index (χ3v) is 5.58. The Bertz CT molecular complexity index is 850. The monoisotopic (exact) mass is 408 g/mol. The molecule has 4 rings (SSSR count). The first-order valence-corrected chi connectivity index (χ1v) is 9.23. The molecule has 1 aromatic heterocycles. The summed E-state index contributed by atoms with van der Waals surface area (Å²) in [6.45, 7) is 1.26. The van der Waals surface area contributed by atoms with Crippen LogP contribution in [-0.4, -0.2) is 47.4 Å². The summed E-state index contributed by atoms with van der Waals surface area (Å²) in [6, 6.07) is 4.42. The van der Waals surface area contributed by atoms with Gasteiger partial charge in [0.15, 0.2) is 0 Å². The van der Waals surface area contributed by atoms with Crippen molar-refractivity contribution in [2.24, 2.45) is 5.92 Å². The van der Waals surface area contributed by atoms with E-state index in [0.29, 0.717) is 47.2 Å². The van der Waals surface area contributed by atoms with Crippen LogP contribution in [0.1, 0.15) is 29.8 Å². The lowest BCUT2D eigenvalue weighted by Gasteiger charge is -2.38. The van der Waals surface area contributed by atoms with E-state index in [1.165, 1.54) is 6.07 Å². The summed E-state index contributed by atoms with van der Waals surface area (Å²) in [5.41, 5.74) is 0.904. The van der Waals surface area contributed by atoms with Gasteiger partial charge >= 0.3 is 0 Å². The first-order chi connectivity index (χ1) is 12.0. The number of nitrogens with one attached hydrogen (secondary N) is 1. The quantitative estimate of drug-likeness (QED) is 0.828. The third kappa shape index (κ3) is 3.00. The fourth-order valence-corrected chi connectivity index (χ4v) is 4.32. The molecule has 5 nitrogen and oxygen atoms in total. The lowest BCUT2D eigenvalue weighted by atomic mass is 9.95. The number of aromatic amines is 1. The molecule has 2 aromatic rings. The molecule has 0 bridgehead atoms. The van der Waals surface area contributed by atoms with Gasteiger partial charge in [0.2, 0.25) is 0 Å². The maximum Gasteiger partial charge on any atom is 0.270 e. The zero-order chi connectivity index (χ0) is 17.6. The fourth-order valence-electron chi connectivity index (χ4n) is 3.89. The number of aromatic nitrogens is 1. The highest BCUT2D eigenvalue weighted by Gasteiger charge is 2.39. The molecule has 1 aliphatic heterocycles. The van der Waals surface area contributed by atoms with Crippen molar-refractivity contribution in [3.05, 3.63) is 34.2 Å². The first-order valence-electron chi connectivity index (χ1n) is 8.44. The predicted molar refractivity (Wildman–Crippen MR) is 93.9 cm³/mol. The molecule has 2 fully saturated rings. The number of Topliss-reactive ketones (excluding diaryl/α,β-unsaturated/α-hetero) is 1. The fraction of sp³-hybridized carbons (Fsp3) is 0.444. The van der Waals surface area contributed by atoms with E-state index in [1.54, 1.807) is 17.0 Å². The van der Waals surface area contributed by atoms with Crippen molar-refractivity contribution < 1.29 is 18.7 Å². The van der Waals surface area contributed by atoms with E-state index in [4.69, 9.17) is 4.74 Å². The first kappa shape index (κ1) is 16.7. The number of morpholine rings is 1. The van der Waals surface area contributed by atoms with Crippen LogP contribution in [0.3, 0.4) is 0 Å². The van der Waals surface area contributed by atoms with Crippen LogP contribution >= 0.6 is 15.9 Å². The smallest absolute Gasteiger partial charge is 0.270 e.